The van der Waals surface area contributed by atoms with Gasteiger partial charge in [-0.15, -0.1) is 11.8 Å². The van der Waals surface area contributed by atoms with Gasteiger partial charge in [0.2, 0.25) is 0 Å². The second-order valence-corrected chi connectivity index (χ2v) is 2.90. The zero-order chi connectivity index (χ0) is 9.78. The number of nitrogens with zero attached hydrogens (tertiary/aromatic N) is 3. The predicted molar refractivity (Wildman–Crippen MR) is 55.2 cm³/mol. The van der Waals surface area contributed by atoms with Crippen LogP contribution in [0.4, 0.5) is 0 Å². The lowest BCUT2D eigenvalue weighted by Crippen LogP contribution is -1.81. The molecule has 0 aliphatic heterocycles. The molecule has 0 aliphatic rings. The number of hydrogen-bond acceptors (Lipinski definition) is 1. The zero-order valence-electron chi connectivity index (χ0n) is 8.29. The molecule has 0 fully saturated rings. The molecule has 0 heterocycles. The van der Waals surface area contributed by atoms with Crippen LogP contribution in [-0.2, 0) is 0 Å². The van der Waals surface area contributed by atoms with Crippen LogP contribution in [0.3, 0.4) is 0 Å². The Balaban J connectivity index is 2.98. The molecule has 0 saturated heterocycles. The van der Waals surface area contributed by atoms with Gasteiger partial charge >= 0.3 is 0 Å². The van der Waals surface area contributed by atoms with Gasteiger partial charge in [-0.05, 0) is 25.3 Å². The summed E-state index contributed by atoms with van der Waals surface area (Å²) in [6.07, 6.45) is 6.87. The van der Waals surface area contributed by atoms with Gasteiger partial charge in [-0.1, -0.05) is 24.4 Å². The fourth-order valence-corrected chi connectivity index (χ4v) is 1.10. The van der Waals surface area contributed by atoms with Crippen molar-refractivity contribution in [3.63, 3.8) is 0 Å². The van der Waals surface area contributed by atoms with Crippen molar-refractivity contribution < 1.29 is 0 Å². The van der Waals surface area contributed by atoms with Crippen molar-refractivity contribution in [1.82, 2.24) is 0 Å². The first-order chi connectivity index (χ1) is 6.41. The van der Waals surface area contributed by atoms with Crippen LogP contribution in [0.2, 0.25) is 0 Å². The third kappa shape index (κ3) is 10.9. The largest absolute Gasteiger partial charge is 0.107 e. The normalized spacial score (nSPS) is 8.38. The lowest BCUT2D eigenvalue weighted by Gasteiger charge is -1.96. The smallest absolute Gasteiger partial charge is 0.0257 e. The summed E-state index contributed by atoms with van der Waals surface area (Å²) in [5, 5.41) is 3.48. The quantitative estimate of drug-likeness (QED) is 0.188. The van der Waals surface area contributed by atoms with Gasteiger partial charge in [0.05, 0.1) is 0 Å². The molecule has 0 aromatic rings. The van der Waals surface area contributed by atoms with Crippen LogP contribution in [0.5, 0.6) is 0 Å². The first-order valence-electron chi connectivity index (χ1n) is 4.82. The molecule has 0 aromatic heterocycles. The molecule has 0 unspecified atom stereocenters. The molecule has 0 aromatic carbocycles. The predicted octanol–water partition coefficient (Wildman–Crippen LogP) is 3.66. The summed E-state index contributed by atoms with van der Waals surface area (Å²) in [6, 6.07) is 0. The second-order valence-electron chi connectivity index (χ2n) is 2.90. The highest BCUT2D eigenvalue weighted by molar-refractivity contribution is 4.94. The van der Waals surface area contributed by atoms with Crippen molar-refractivity contribution in [2.24, 2.45) is 5.11 Å². The van der Waals surface area contributed by atoms with Crippen molar-refractivity contribution in [2.75, 3.05) is 6.54 Å². The van der Waals surface area contributed by atoms with Gasteiger partial charge in [0, 0.05) is 17.9 Å². The zero-order valence-corrected chi connectivity index (χ0v) is 8.29. The molecule has 72 valence electrons. The minimum Gasteiger partial charge on any atom is -0.107 e. The average Bonchev–Trinajstić information content (AvgIpc) is 2.16. The maximum absolute atomic E-state index is 8.01. The van der Waals surface area contributed by atoms with Crippen LogP contribution in [0, 0.1) is 11.8 Å². The highest BCUT2D eigenvalue weighted by Crippen LogP contribution is 2.04. The maximum Gasteiger partial charge on any atom is 0.0257 e. The maximum atomic E-state index is 8.01. The number of unbranched alkanes of at least 4 members (excludes halogenated alkanes) is 5. The van der Waals surface area contributed by atoms with Crippen molar-refractivity contribution in [3.8, 4) is 11.8 Å². The summed E-state index contributed by atoms with van der Waals surface area (Å²) < 4.78 is 0. The summed E-state index contributed by atoms with van der Waals surface area (Å²) in [5.41, 5.74) is 8.01. The Kier molecular flexibility index (Phi) is 9.93. The summed E-state index contributed by atoms with van der Waals surface area (Å²) in [7, 11) is 0. The minimum atomic E-state index is 0.644. The fraction of sp³-hybridized carbons (Fsp3) is 0.800. The first kappa shape index (κ1) is 11.9. The highest BCUT2D eigenvalue weighted by Gasteiger charge is 1.88. The molecule has 0 aliphatic carbocycles. The topological polar surface area (TPSA) is 48.8 Å². The molecule has 0 amide bonds. The van der Waals surface area contributed by atoms with Crippen molar-refractivity contribution in [1.29, 1.82) is 0 Å². The van der Waals surface area contributed by atoms with Crippen LogP contribution in [-0.4, -0.2) is 6.54 Å². The van der Waals surface area contributed by atoms with E-state index in [9.17, 15) is 0 Å². The summed E-state index contributed by atoms with van der Waals surface area (Å²) >= 11 is 0. The van der Waals surface area contributed by atoms with E-state index < -0.39 is 0 Å². The monoisotopic (exact) mass is 179 g/mol. The molecule has 0 spiro atoms. The Labute approximate surface area is 80.2 Å². The standard InChI is InChI=1S/C10H17N3/c1-2-3-4-5-6-7-8-9-10-12-13-11/h4-10H2,1H3. The van der Waals surface area contributed by atoms with E-state index in [-0.39, 0.29) is 0 Å². The van der Waals surface area contributed by atoms with Gasteiger partial charge in [-0.2, -0.15) is 0 Å². The lowest BCUT2D eigenvalue weighted by atomic mass is 10.1. The van der Waals surface area contributed by atoms with E-state index in [0.717, 1.165) is 12.8 Å². The van der Waals surface area contributed by atoms with Gasteiger partial charge in [0.1, 0.15) is 0 Å². The molecule has 0 rings (SSSR count). The molecule has 3 nitrogen and oxygen atoms in total. The molecular weight excluding hydrogens is 162 g/mol. The van der Waals surface area contributed by atoms with Gasteiger partial charge in [-0.3, -0.25) is 0 Å². The molecule has 0 bridgehead atoms. The molecule has 0 N–H and O–H groups in total. The average molecular weight is 179 g/mol. The third-order valence-electron chi connectivity index (χ3n) is 1.80. The Morgan fingerprint density at radius 1 is 1.15 bits per heavy atom. The van der Waals surface area contributed by atoms with Gasteiger partial charge in [0.15, 0.2) is 0 Å². The molecule has 13 heavy (non-hydrogen) atoms. The van der Waals surface area contributed by atoms with Crippen LogP contribution in [0.15, 0.2) is 5.11 Å². The lowest BCUT2D eigenvalue weighted by molar-refractivity contribution is 0.625. The summed E-state index contributed by atoms with van der Waals surface area (Å²) in [4.78, 5) is 2.70. The van der Waals surface area contributed by atoms with Crippen LogP contribution in [0.25, 0.3) is 10.4 Å². The van der Waals surface area contributed by atoms with Crippen molar-refractivity contribution in [3.05, 3.63) is 10.4 Å². The summed E-state index contributed by atoms with van der Waals surface area (Å²) in [5.74, 6) is 5.92. The van der Waals surface area contributed by atoms with Crippen LogP contribution >= 0.6 is 0 Å². The van der Waals surface area contributed by atoms with E-state index in [1.807, 2.05) is 6.92 Å². The number of rotatable bonds is 7. The Morgan fingerprint density at radius 3 is 2.54 bits per heavy atom. The minimum absolute atomic E-state index is 0.644. The second kappa shape index (κ2) is 10.9. The van der Waals surface area contributed by atoms with E-state index in [4.69, 9.17) is 5.53 Å². The van der Waals surface area contributed by atoms with Crippen molar-refractivity contribution in [2.45, 2.75) is 45.4 Å². The van der Waals surface area contributed by atoms with Gasteiger partial charge < -0.3 is 0 Å². The summed E-state index contributed by atoms with van der Waals surface area (Å²) in [6.45, 7) is 2.52. The van der Waals surface area contributed by atoms with Crippen molar-refractivity contribution >= 4 is 0 Å². The number of hydrogen-bond donors (Lipinski definition) is 0. The van der Waals surface area contributed by atoms with Crippen LogP contribution < -0.4 is 0 Å². The van der Waals surface area contributed by atoms with E-state index in [0.29, 0.717) is 6.54 Å². The first-order valence-corrected chi connectivity index (χ1v) is 4.82. The van der Waals surface area contributed by atoms with Gasteiger partial charge in [0.25, 0.3) is 0 Å². The van der Waals surface area contributed by atoms with E-state index in [2.05, 4.69) is 21.9 Å². The Bertz CT molecular complexity index is 206. The Morgan fingerprint density at radius 2 is 1.85 bits per heavy atom. The van der Waals surface area contributed by atoms with Crippen LogP contribution in [0.1, 0.15) is 45.4 Å². The molecular formula is C10H17N3. The molecule has 0 atom stereocenters. The fourth-order valence-electron chi connectivity index (χ4n) is 1.10. The molecule has 0 radical (unpaired) electrons. The molecule has 0 saturated carbocycles. The van der Waals surface area contributed by atoms with E-state index in [1.165, 1.54) is 25.7 Å². The molecule has 3 heteroatoms. The number of azide groups is 1. The van der Waals surface area contributed by atoms with E-state index in [1.54, 1.807) is 0 Å². The highest BCUT2D eigenvalue weighted by atomic mass is 15.1. The Hall–Kier alpha value is -1.13. The third-order valence-corrected chi connectivity index (χ3v) is 1.80. The van der Waals surface area contributed by atoms with Gasteiger partial charge in [-0.25, -0.2) is 0 Å². The SMILES string of the molecule is CC#CCCCCCCCN=[N+]=[N-]. The van der Waals surface area contributed by atoms with E-state index >= 15 is 0 Å².